The number of rotatable bonds is 4. The number of hydrogen-bond donors (Lipinski definition) is 2. The summed E-state index contributed by atoms with van der Waals surface area (Å²) in [4.78, 5) is 16.1. The average Bonchev–Trinajstić information content (AvgIpc) is 3.13. The summed E-state index contributed by atoms with van der Waals surface area (Å²) in [7, 11) is 0. The minimum atomic E-state index is -0.0925. The highest BCUT2D eigenvalue weighted by atomic mass is 32.1. The Hall–Kier alpha value is -1.82. The molecule has 0 bridgehead atoms. The Bertz CT molecular complexity index is 564. The number of carbonyl (C=O) groups excluding carboxylic acids is 1. The molecule has 1 aliphatic heterocycles. The zero-order valence-corrected chi connectivity index (χ0v) is 12.0. The first-order chi connectivity index (χ1) is 9.81. The summed E-state index contributed by atoms with van der Waals surface area (Å²) in [5.41, 5.74) is 1.14. The van der Waals surface area contributed by atoms with Crippen LogP contribution in [0.25, 0.3) is 0 Å². The summed E-state index contributed by atoms with van der Waals surface area (Å²) in [6.45, 7) is 2.30. The Morgan fingerprint density at radius 3 is 3.30 bits per heavy atom. The van der Waals surface area contributed by atoms with Crippen LogP contribution in [-0.4, -0.2) is 22.1 Å². The van der Waals surface area contributed by atoms with Crippen molar-refractivity contribution in [3.05, 3.63) is 40.6 Å². The van der Waals surface area contributed by atoms with Crippen LogP contribution in [0.15, 0.2) is 29.2 Å². The van der Waals surface area contributed by atoms with Crippen LogP contribution >= 0.6 is 11.3 Å². The van der Waals surface area contributed by atoms with Crippen molar-refractivity contribution in [3.63, 3.8) is 0 Å². The molecule has 20 heavy (non-hydrogen) atoms. The number of fused-ring (bicyclic) bond motifs is 1. The average molecular weight is 290 g/mol. The standard InChI is InChI=1S/C14H18N4OS/c19-14(17-9-12-2-6-20-10-12)16-8-11-1-4-18-5-3-15-13(18)7-11/h2-3,5-6,10-11H,1,4,7-9H2,(H2,16,17,19)/t11-/m0/s1. The van der Waals surface area contributed by atoms with Crippen molar-refractivity contribution in [1.82, 2.24) is 20.2 Å². The van der Waals surface area contributed by atoms with Gasteiger partial charge in [0, 0.05) is 38.4 Å². The molecule has 0 saturated carbocycles. The summed E-state index contributed by atoms with van der Waals surface area (Å²) in [5.74, 6) is 1.61. The molecule has 2 aromatic rings. The normalized spacial score (nSPS) is 17.5. The summed E-state index contributed by atoms with van der Waals surface area (Å²) in [6.07, 6.45) is 5.90. The number of amides is 2. The largest absolute Gasteiger partial charge is 0.338 e. The Morgan fingerprint density at radius 1 is 1.50 bits per heavy atom. The van der Waals surface area contributed by atoms with Crippen LogP contribution in [-0.2, 0) is 19.5 Å². The summed E-state index contributed by atoms with van der Waals surface area (Å²) in [6, 6.07) is 1.93. The fourth-order valence-electron chi connectivity index (χ4n) is 2.46. The number of hydrogen-bond acceptors (Lipinski definition) is 3. The minimum absolute atomic E-state index is 0.0925. The lowest BCUT2D eigenvalue weighted by Crippen LogP contribution is -2.39. The van der Waals surface area contributed by atoms with E-state index in [1.54, 1.807) is 11.3 Å². The van der Waals surface area contributed by atoms with Gasteiger partial charge in [0.25, 0.3) is 0 Å². The van der Waals surface area contributed by atoms with E-state index in [0.29, 0.717) is 19.0 Å². The number of imidazole rings is 1. The highest BCUT2D eigenvalue weighted by Crippen LogP contribution is 2.18. The number of nitrogens with zero attached hydrogens (tertiary/aromatic N) is 2. The van der Waals surface area contributed by atoms with Crippen LogP contribution in [0.2, 0.25) is 0 Å². The van der Waals surface area contributed by atoms with Gasteiger partial charge in [0.05, 0.1) is 0 Å². The summed E-state index contributed by atoms with van der Waals surface area (Å²) < 4.78 is 2.19. The molecule has 0 radical (unpaired) electrons. The minimum Gasteiger partial charge on any atom is -0.338 e. The third-order valence-electron chi connectivity index (χ3n) is 3.64. The molecule has 5 nitrogen and oxygen atoms in total. The van der Waals surface area contributed by atoms with E-state index in [4.69, 9.17) is 0 Å². The number of aryl methyl sites for hydroxylation is 1. The maximum Gasteiger partial charge on any atom is 0.315 e. The monoisotopic (exact) mass is 290 g/mol. The van der Waals surface area contributed by atoms with Crippen molar-refractivity contribution >= 4 is 17.4 Å². The molecule has 3 rings (SSSR count). The number of urea groups is 1. The van der Waals surface area contributed by atoms with Crippen molar-refractivity contribution < 1.29 is 4.79 Å². The Balaban J connectivity index is 1.40. The fourth-order valence-corrected chi connectivity index (χ4v) is 3.13. The fraction of sp³-hybridized carbons (Fsp3) is 0.429. The van der Waals surface area contributed by atoms with Gasteiger partial charge in [-0.2, -0.15) is 11.3 Å². The number of aromatic nitrogens is 2. The van der Waals surface area contributed by atoms with Gasteiger partial charge in [0.1, 0.15) is 5.82 Å². The Morgan fingerprint density at radius 2 is 2.45 bits per heavy atom. The molecular formula is C14H18N4OS. The van der Waals surface area contributed by atoms with Crippen LogP contribution < -0.4 is 10.6 Å². The first-order valence-electron chi connectivity index (χ1n) is 6.84. The van der Waals surface area contributed by atoms with Gasteiger partial charge in [-0.3, -0.25) is 0 Å². The molecule has 0 aromatic carbocycles. The van der Waals surface area contributed by atoms with Gasteiger partial charge in [0.15, 0.2) is 0 Å². The van der Waals surface area contributed by atoms with E-state index in [9.17, 15) is 4.79 Å². The van der Waals surface area contributed by atoms with Crippen LogP contribution in [0.3, 0.4) is 0 Å². The summed E-state index contributed by atoms with van der Waals surface area (Å²) >= 11 is 1.64. The second-order valence-electron chi connectivity index (χ2n) is 5.09. The van der Waals surface area contributed by atoms with Crippen molar-refractivity contribution in [2.45, 2.75) is 25.9 Å². The number of carbonyl (C=O) groups is 1. The molecule has 1 atom stereocenters. The van der Waals surface area contributed by atoms with E-state index in [2.05, 4.69) is 20.2 Å². The van der Waals surface area contributed by atoms with Gasteiger partial charge in [-0.05, 0) is 34.7 Å². The van der Waals surface area contributed by atoms with Gasteiger partial charge in [0.2, 0.25) is 0 Å². The van der Waals surface area contributed by atoms with Crippen LogP contribution in [0.4, 0.5) is 4.79 Å². The first kappa shape index (κ1) is 13.2. The van der Waals surface area contributed by atoms with Gasteiger partial charge in [-0.1, -0.05) is 0 Å². The quantitative estimate of drug-likeness (QED) is 0.905. The van der Waals surface area contributed by atoms with Crippen molar-refractivity contribution in [1.29, 1.82) is 0 Å². The highest BCUT2D eigenvalue weighted by Gasteiger charge is 2.19. The van der Waals surface area contributed by atoms with E-state index in [1.807, 2.05) is 29.2 Å². The Labute approximate surface area is 122 Å². The lowest BCUT2D eigenvalue weighted by atomic mass is 9.98. The molecule has 3 heterocycles. The highest BCUT2D eigenvalue weighted by molar-refractivity contribution is 7.07. The summed E-state index contributed by atoms with van der Waals surface area (Å²) in [5, 5.41) is 9.88. The number of nitrogens with one attached hydrogen (secondary N) is 2. The van der Waals surface area contributed by atoms with Crippen LogP contribution in [0.1, 0.15) is 17.8 Å². The molecule has 0 aliphatic carbocycles. The predicted octanol–water partition coefficient (Wildman–Crippen LogP) is 2.01. The number of thiophene rings is 1. The van der Waals surface area contributed by atoms with Gasteiger partial charge >= 0.3 is 6.03 Å². The smallest absolute Gasteiger partial charge is 0.315 e. The van der Waals surface area contributed by atoms with Crippen molar-refractivity contribution in [2.24, 2.45) is 5.92 Å². The van der Waals surface area contributed by atoms with E-state index in [1.165, 1.54) is 0 Å². The molecule has 0 fully saturated rings. The zero-order chi connectivity index (χ0) is 13.8. The maximum absolute atomic E-state index is 11.7. The molecule has 0 spiro atoms. The molecule has 6 heteroatoms. The van der Waals surface area contributed by atoms with E-state index < -0.39 is 0 Å². The lowest BCUT2D eigenvalue weighted by Gasteiger charge is -2.23. The topological polar surface area (TPSA) is 59.0 Å². The molecule has 1 aliphatic rings. The van der Waals surface area contributed by atoms with Crippen LogP contribution in [0.5, 0.6) is 0 Å². The second-order valence-corrected chi connectivity index (χ2v) is 5.87. The molecule has 2 aromatic heterocycles. The van der Waals surface area contributed by atoms with Crippen molar-refractivity contribution in [3.8, 4) is 0 Å². The zero-order valence-electron chi connectivity index (χ0n) is 11.2. The van der Waals surface area contributed by atoms with E-state index in [-0.39, 0.29) is 6.03 Å². The molecular weight excluding hydrogens is 272 g/mol. The van der Waals surface area contributed by atoms with E-state index >= 15 is 0 Å². The first-order valence-corrected chi connectivity index (χ1v) is 7.78. The molecule has 0 unspecified atom stereocenters. The van der Waals surface area contributed by atoms with Gasteiger partial charge in [-0.25, -0.2) is 9.78 Å². The molecule has 2 amide bonds. The molecule has 106 valence electrons. The second kappa shape index (κ2) is 6.09. The van der Waals surface area contributed by atoms with Crippen molar-refractivity contribution in [2.75, 3.05) is 6.54 Å². The molecule has 0 saturated heterocycles. The third-order valence-corrected chi connectivity index (χ3v) is 4.37. The predicted molar refractivity (Wildman–Crippen MR) is 78.6 cm³/mol. The SMILES string of the molecule is O=C(NCc1ccsc1)NC[C@H]1CCn2ccnc2C1. The van der Waals surface area contributed by atoms with Gasteiger partial charge < -0.3 is 15.2 Å². The Kier molecular flexibility index (Phi) is 4.01. The maximum atomic E-state index is 11.7. The third kappa shape index (κ3) is 3.19. The lowest BCUT2D eigenvalue weighted by molar-refractivity contribution is 0.236. The van der Waals surface area contributed by atoms with Crippen LogP contribution in [0, 0.1) is 5.92 Å². The van der Waals surface area contributed by atoms with E-state index in [0.717, 1.165) is 30.8 Å². The molecule has 2 N–H and O–H groups in total. The van der Waals surface area contributed by atoms with Gasteiger partial charge in [-0.15, -0.1) is 0 Å².